The Morgan fingerprint density at radius 2 is 1.64 bits per heavy atom. The Bertz CT molecular complexity index is 852. The van der Waals surface area contributed by atoms with Gasteiger partial charge in [-0.1, -0.05) is 32.9 Å². The van der Waals surface area contributed by atoms with E-state index in [0.29, 0.717) is 11.1 Å². The number of hydrogen-bond donors (Lipinski definition) is 1. The van der Waals surface area contributed by atoms with Crippen LogP contribution in [0.1, 0.15) is 49.2 Å². The molecule has 0 unspecified atom stereocenters. The van der Waals surface area contributed by atoms with Crippen molar-refractivity contribution in [2.45, 2.75) is 45.8 Å². The third-order valence-corrected chi connectivity index (χ3v) is 4.24. The molecule has 0 bridgehead atoms. The molecule has 0 spiro atoms. The van der Waals surface area contributed by atoms with E-state index in [2.05, 4.69) is 26.1 Å². The number of ether oxygens (including phenoxy) is 1. The van der Waals surface area contributed by atoms with Crippen molar-refractivity contribution < 1.29 is 19.2 Å². The van der Waals surface area contributed by atoms with Crippen LogP contribution in [0, 0.1) is 10.1 Å². The van der Waals surface area contributed by atoms with Crippen LogP contribution in [0.25, 0.3) is 0 Å². The smallest absolute Gasteiger partial charge is 0.328 e. The fraction of sp³-hybridized carbons (Fsp3) is 0.333. The third-order valence-electron chi connectivity index (χ3n) is 4.24. The van der Waals surface area contributed by atoms with Gasteiger partial charge in [0.15, 0.2) is 0 Å². The molecule has 0 heterocycles. The Hall–Kier alpha value is -3.22. The highest BCUT2D eigenvalue weighted by Crippen LogP contribution is 2.22. The SMILES string of the molecule is C[C@H](NC(=O)c1ccc(C(C)(C)C)cc1)C(=O)OCc1ccc([N+](=O)[O-])cc1. The topological polar surface area (TPSA) is 98.5 Å². The number of esters is 1. The van der Waals surface area contributed by atoms with E-state index in [-0.39, 0.29) is 23.6 Å². The third kappa shape index (κ3) is 5.64. The van der Waals surface area contributed by atoms with Crippen LogP contribution < -0.4 is 5.32 Å². The zero-order valence-electron chi connectivity index (χ0n) is 16.4. The average molecular weight is 384 g/mol. The molecule has 2 rings (SSSR count). The highest BCUT2D eigenvalue weighted by molar-refractivity contribution is 5.96. The van der Waals surface area contributed by atoms with Gasteiger partial charge in [0.25, 0.3) is 11.6 Å². The van der Waals surface area contributed by atoms with Gasteiger partial charge in [0.1, 0.15) is 12.6 Å². The van der Waals surface area contributed by atoms with Crippen molar-refractivity contribution in [1.29, 1.82) is 0 Å². The molecule has 7 nitrogen and oxygen atoms in total. The van der Waals surface area contributed by atoms with Crippen molar-refractivity contribution in [3.63, 3.8) is 0 Å². The maximum atomic E-state index is 12.3. The summed E-state index contributed by atoms with van der Waals surface area (Å²) in [4.78, 5) is 34.5. The number of carbonyl (C=O) groups excluding carboxylic acids is 2. The van der Waals surface area contributed by atoms with Gasteiger partial charge in [0, 0.05) is 17.7 Å². The molecular weight excluding hydrogens is 360 g/mol. The normalized spacial score (nSPS) is 12.1. The number of nitro benzene ring substituents is 1. The summed E-state index contributed by atoms with van der Waals surface area (Å²) in [6, 6.07) is 12.1. The lowest BCUT2D eigenvalue weighted by molar-refractivity contribution is -0.384. The van der Waals surface area contributed by atoms with Crippen LogP contribution in [-0.4, -0.2) is 22.8 Å². The number of non-ortho nitro benzene ring substituents is 1. The molecule has 0 aliphatic rings. The van der Waals surface area contributed by atoms with E-state index in [1.807, 2.05) is 12.1 Å². The summed E-state index contributed by atoms with van der Waals surface area (Å²) in [7, 11) is 0. The second-order valence-electron chi connectivity index (χ2n) is 7.55. The van der Waals surface area contributed by atoms with Gasteiger partial charge in [0.2, 0.25) is 0 Å². The Morgan fingerprint density at radius 3 is 2.14 bits per heavy atom. The molecule has 0 aromatic heterocycles. The first kappa shape index (κ1) is 21.1. The summed E-state index contributed by atoms with van der Waals surface area (Å²) in [5.74, 6) is -0.946. The standard InChI is InChI=1S/C21H24N2O5/c1-14(20(25)28-13-15-5-11-18(12-6-15)23(26)27)22-19(24)16-7-9-17(10-8-16)21(2,3)4/h5-12,14H,13H2,1-4H3,(H,22,24)/t14-/m0/s1. The van der Waals surface area contributed by atoms with E-state index in [1.165, 1.54) is 24.3 Å². The molecule has 7 heteroatoms. The van der Waals surface area contributed by atoms with Crippen LogP contribution >= 0.6 is 0 Å². The molecule has 0 saturated heterocycles. The molecular formula is C21H24N2O5. The van der Waals surface area contributed by atoms with Gasteiger partial charge in [-0.05, 0) is 47.7 Å². The second kappa shape index (κ2) is 8.65. The first-order valence-electron chi connectivity index (χ1n) is 8.89. The van der Waals surface area contributed by atoms with Gasteiger partial charge in [0.05, 0.1) is 4.92 Å². The van der Waals surface area contributed by atoms with E-state index in [0.717, 1.165) is 5.56 Å². The van der Waals surface area contributed by atoms with E-state index in [4.69, 9.17) is 4.74 Å². The minimum Gasteiger partial charge on any atom is -0.459 e. The molecule has 1 N–H and O–H groups in total. The summed E-state index contributed by atoms with van der Waals surface area (Å²) in [6.45, 7) is 7.78. The Labute approximate surface area is 163 Å². The molecule has 1 amide bonds. The quantitative estimate of drug-likeness (QED) is 0.464. The number of nitro groups is 1. The summed E-state index contributed by atoms with van der Waals surface area (Å²) in [5, 5.41) is 13.2. The fourth-order valence-corrected chi connectivity index (χ4v) is 2.45. The zero-order chi connectivity index (χ0) is 20.9. The van der Waals surface area contributed by atoms with Crippen molar-refractivity contribution in [2.24, 2.45) is 0 Å². The van der Waals surface area contributed by atoms with Crippen LogP contribution in [0.5, 0.6) is 0 Å². The maximum absolute atomic E-state index is 12.3. The fourth-order valence-electron chi connectivity index (χ4n) is 2.45. The molecule has 2 aromatic rings. The van der Waals surface area contributed by atoms with Gasteiger partial charge in [-0.25, -0.2) is 4.79 Å². The number of hydrogen-bond acceptors (Lipinski definition) is 5. The van der Waals surface area contributed by atoms with Crippen molar-refractivity contribution in [3.05, 3.63) is 75.3 Å². The summed E-state index contributed by atoms with van der Waals surface area (Å²) in [6.07, 6.45) is 0. The van der Waals surface area contributed by atoms with Gasteiger partial charge < -0.3 is 10.1 Å². The molecule has 0 aliphatic carbocycles. The van der Waals surface area contributed by atoms with Crippen LogP contribution in [0.4, 0.5) is 5.69 Å². The molecule has 1 atom stereocenters. The number of carbonyl (C=O) groups is 2. The van der Waals surface area contributed by atoms with Crippen molar-refractivity contribution in [3.8, 4) is 0 Å². The predicted octanol–water partition coefficient (Wildman–Crippen LogP) is 3.75. The summed E-state index contributed by atoms with van der Waals surface area (Å²) in [5.41, 5.74) is 2.15. The van der Waals surface area contributed by atoms with Crippen LogP contribution in [0.3, 0.4) is 0 Å². The van der Waals surface area contributed by atoms with Gasteiger partial charge >= 0.3 is 5.97 Å². The van der Waals surface area contributed by atoms with E-state index < -0.39 is 16.9 Å². The van der Waals surface area contributed by atoms with E-state index in [1.54, 1.807) is 19.1 Å². The molecule has 2 aromatic carbocycles. The lowest BCUT2D eigenvalue weighted by Gasteiger charge is -2.19. The molecule has 0 fully saturated rings. The predicted molar refractivity (Wildman–Crippen MR) is 105 cm³/mol. The van der Waals surface area contributed by atoms with Gasteiger partial charge in [-0.15, -0.1) is 0 Å². The van der Waals surface area contributed by atoms with E-state index in [9.17, 15) is 19.7 Å². The summed E-state index contributed by atoms with van der Waals surface area (Å²) < 4.78 is 5.17. The summed E-state index contributed by atoms with van der Waals surface area (Å²) >= 11 is 0. The Kier molecular flexibility index (Phi) is 6.51. The number of nitrogens with one attached hydrogen (secondary N) is 1. The van der Waals surface area contributed by atoms with Crippen molar-refractivity contribution in [1.82, 2.24) is 5.32 Å². The lowest BCUT2D eigenvalue weighted by atomic mass is 9.86. The minimum absolute atomic E-state index is 0.00995. The second-order valence-corrected chi connectivity index (χ2v) is 7.55. The Morgan fingerprint density at radius 1 is 1.07 bits per heavy atom. The number of benzene rings is 2. The molecule has 28 heavy (non-hydrogen) atoms. The minimum atomic E-state index is -0.826. The first-order chi connectivity index (χ1) is 13.1. The monoisotopic (exact) mass is 384 g/mol. The van der Waals surface area contributed by atoms with Gasteiger partial charge in [-0.3, -0.25) is 14.9 Å². The highest BCUT2D eigenvalue weighted by atomic mass is 16.6. The van der Waals surface area contributed by atoms with Gasteiger partial charge in [-0.2, -0.15) is 0 Å². The molecule has 0 radical (unpaired) electrons. The van der Waals surface area contributed by atoms with Crippen LogP contribution in [0.2, 0.25) is 0 Å². The van der Waals surface area contributed by atoms with E-state index >= 15 is 0 Å². The Balaban J connectivity index is 1.89. The number of rotatable bonds is 6. The molecule has 148 valence electrons. The highest BCUT2D eigenvalue weighted by Gasteiger charge is 2.19. The first-order valence-corrected chi connectivity index (χ1v) is 8.89. The average Bonchev–Trinajstić information content (AvgIpc) is 2.65. The molecule has 0 saturated carbocycles. The number of amides is 1. The van der Waals surface area contributed by atoms with Crippen LogP contribution in [-0.2, 0) is 21.6 Å². The number of nitrogens with zero attached hydrogens (tertiary/aromatic N) is 1. The lowest BCUT2D eigenvalue weighted by Crippen LogP contribution is -2.39. The zero-order valence-corrected chi connectivity index (χ0v) is 16.4. The van der Waals surface area contributed by atoms with Crippen molar-refractivity contribution in [2.75, 3.05) is 0 Å². The largest absolute Gasteiger partial charge is 0.459 e. The van der Waals surface area contributed by atoms with Crippen LogP contribution in [0.15, 0.2) is 48.5 Å². The maximum Gasteiger partial charge on any atom is 0.328 e. The van der Waals surface area contributed by atoms with Crippen molar-refractivity contribution >= 4 is 17.6 Å². The molecule has 0 aliphatic heterocycles.